The molecule has 1 heterocycles. The fourth-order valence-corrected chi connectivity index (χ4v) is 4.89. The summed E-state index contributed by atoms with van der Waals surface area (Å²) in [5.41, 5.74) is 4.74. The molecule has 2 aliphatic carbocycles. The van der Waals surface area contributed by atoms with Crippen LogP contribution in [0, 0.1) is 0 Å². The molecule has 1 amide bonds. The van der Waals surface area contributed by atoms with Crippen molar-refractivity contribution in [1.82, 2.24) is 5.32 Å². The van der Waals surface area contributed by atoms with Crippen LogP contribution in [0.2, 0.25) is 0 Å². The Morgan fingerprint density at radius 3 is 2.59 bits per heavy atom. The molecule has 2 aromatic rings. The molecule has 6 heteroatoms. The van der Waals surface area contributed by atoms with Gasteiger partial charge in [0.25, 0.3) is 5.91 Å². The summed E-state index contributed by atoms with van der Waals surface area (Å²) in [5.74, 6) is 1.66. The molecule has 32 heavy (non-hydrogen) atoms. The van der Waals surface area contributed by atoms with Crippen molar-refractivity contribution in [1.29, 1.82) is 0 Å². The summed E-state index contributed by atoms with van der Waals surface area (Å²) >= 11 is 0. The molecule has 0 radical (unpaired) electrons. The second kappa shape index (κ2) is 8.58. The molecule has 2 N–H and O–H groups in total. The van der Waals surface area contributed by atoms with Crippen LogP contribution in [0.4, 0.5) is 0 Å². The highest BCUT2D eigenvalue weighted by Crippen LogP contribution is 2.45. The lowest BCUT2D eigenvalue weighted by atomic mass is 9.74. The zero-order valence-corrected chi connectivity index (χ0v) is 18.6. The number of methoxy groups -OCH3 is 1. The second-order valence-corrected chi connectivity index (χ2v) is 8.97. The number of nitrogens with one attached hydrogen (secondary N) is 1. The Hall–Kier alpha value is -2.86. The molecule has 168 valence electrons. The van der Waals surface area contributed by atoms with E-state index in [2.05, 4.69) is 11.4 Å². The van der Waals surface area contributed by atoms with E-state index in [1.54, 1.807) is 7.11 Å². The largest absolute Gasteiger partial charge is 0.493 e. The van der Waals surface area contributed by atoms with Gasteiger partial charge < -0.3 is 19.9 Å². The smallest absolute Gasteiger partial charge is 0.251 e. The number of ether oxygens (including phenoxy) is 2. The number of benzene rings is 2. The topological polar surface area (TPSA) is 80.2 Å². The van der Waals surface area contributed by atoms with Crippen LogP contribution in [0.3, 0.4) is 0 Å². The summed E-state index contributed by atoms with van der Waals surface area (Å²) in [7, 11) is 1.65. The van der Waals surface area contributed by atoms with Crippen molar-refractivity contribution in [3.8, 4) is 11.5 Å². The Morgan fingerprint density at radius 1 is 1.12 bits per heavy atom. The number of hydrogen-bond donors (Lipinski definition) is 2. The summed E-state index contributed by atoms with van der Waals surface area (Å²) < 4.78 is 11.5. The molecule has 1 aliphatic heterocycles. The fourth-order valence-electron chi connectivity index (χ4n) is 4.89. The minimum Gasteiger partial charge on any atom is -0.493 e. The van der Waals surface area contributed by atoms with E-state index < -0.39 is 0 Å². The number of aliphatic hydroxyl groups excluding tert-OH is 1. The van der Waals surface area contributed by atoms with Crippen molar-refractivity contribution in [2.45, 2.75) is 63.1 Å². The van der Waals surface area contributed by atoms with Crippen molar-refractivity contribution >= 4 is 11.6 Å². The Balaban J connectivity index is 1.54. The second-order valence-electron chi connectivity index (χ2n) is 8.97. The van der Waals surface area contributed by atoms with Gasteiger partial charge in [0.1, 0.15) is 0 Å². The number of carbonyl (C=O) groups excluding carboxylic acids is 1. The third kappa shape index (κ3) is 3.99. The van der Waals surface area contributed by atoms with Gasteiger partial charge in [-0.25, -0.2) is 0 Å². The van der Waals surface area contributed by atoms with Crippen LogP contribution in [0.15, 0.2) is 41.4 Å². The van der Waals surface area contributed by atoms with Crippen molar-refractivity contribution in [2.24, 2.45) is 4.99 Å². The number of amides is 1. The number of carbonyl (C=O) groups is 1. The molecular formula is C26H30N2O4. The molecule has 2 fully saturated rings. The van der Waals surface area contributed by atoms with E-state index in [9.17, 15) is 9.90 Å². The van der Waals surface area contributed by atoms with E-state index in [-0.39, 0.29) is 24.0 Å². The molecule has 3 aliphatic rings. The third-order valence-corrected chi connectivity index (χ3v) is 6.71. The molecule has 3 atom stereocenters. The molecule has 2 saturated carbocycles. The van der Waals surface area contributed by atoms with Crippen molar-refractivity contribution in [2.75, 3.05) is 13.7 Å². The summed E-state index contributed by atoms with van der Waals surface area (Å²) in [6.07, 6.45) is 4.15. The maximum absolute atomic E-state index is 12.4. The SMILES string of the molecule is CCOc1cc2c(cc1OC)C(c1ccc(C(=O)NC3CC3)cc1)=N[C@@H]1C[C@@H](O)CC[C@H]21. The van der Waals surface area contributed by atoms with E-state index in [4.69, 9.17) is 14.5 Å². The average molecular weight is 435 g/mol. The van der Waals surface area contributed by atoms with E-state index in [1.807, 2.05) is 37.3 Å². The summed E-state index contributed by atoms with van der Waals surface area (Å²) in [5, 5.41) is 13.3. The van der Waals surface area contributed by atoms with Gasteiger partial charge in [-0.3, -0.25) is 9.79 Å². The number of rotatable bonds is 6. The minimum atomic E-state index is -0.319. The van der Waals surface area contributed by atoms with Crippen molar-refractivity contribution < 1.29 is 19.4 Å². The van der Waals surface area contributed by atoms with Crippen LogP contribution < -0.4 is 14.8 Å². The average Bonchev–Trinajstić information content (AvgIpc) is 3.62. The van der Waals surface area contributed by atoms with Crippen LogP contribution in [-0.4, -0.2) is 48.6 Å². The van der Waals surface area contributed by atoms with Gasteiger partial charge in [-0.05, 0) is 68.9 Å². The van der Waals surface area contributed by atoms with E-state index in [0.29, 0.717) is 30.4 Å². The molecule has 0 saturated heterocycles. The highest BCUT2D eigenvalue weighted by Gasteiger charge is 2.37. The van der Waals surface area contributed by atoms with Gasteiger partial charge in [0.15, 0.2) is 11.5 Å². The Morgan fingerprint density at radius 2 is 1.91 bits per heavy atom. The van der Waals surface area contributed by atoms with Crippen molar-refractivity contribution in [3.05, 3.63) is 58.7 Å². The quantitative estimate of drug-likeness (QED) is 0.724. The monoisotopic (exact) mass is 434 g/mol. The third-order valence-electron chi connectivity index (χ3n) is 6.71. The van der Waals surface area contributed by atoms with Gasteiger partial charge in [-0.2, -0.15) is 0 Å². The van der Waals surface area contributed by atoms with Crippen LogP contribution in [-0.2, 0) is 0 Å². The zero-order chi connectivity index (χ0) is 22.2. The summed E-state index contributed by atoms with van der Waals surface area (Å²) in [6.45, 7) is 2.53. The van der Waals surface area contributed by atoms with Gasteiger partial charge >= 0.3 is 0 Å². The van der Waals surface area contributed by atoms with Gasteiger partial charge in [-0.1, -0.05) is 12.1 Å². The van der Waals surface area contributed by atoms with Crippen LogP contribution in [0.25, 0.3) is 0 Å². The normalized spacial score (nSPS) is 24.1. The van der Waals surface area contributed by atoms with Crippen LogP contribution in [0.1, 0.15) is 72.0 Å². The van der Waals surface area contributed by atoms with Gasteiger partial charge in [0.2, 0.25) is 0 Å². The molecule has 6 nitrogen and oxygen atoms in total. The predicted octanol–water partition coefficient (Wildman–Crippen LogP) is 3.83. The number of aliphatic hydroxyl groups is 1. The lowest BCUT2D eigenvalue weighted by Gasteiger charge is -2.37. The Kier molecular flexibility index (Phi) is 5.64. The molecule has 2 aromatic carbocycles. The summed E-state index contributed by atoms with van der Waals surface area (Å²) in [4.78, 5) is 17.5. The van der Waals surface area contributed by atoms with E-state index in [1.165, 1.54) is 5.56 Å². The Labute approximate surface area is 188 Å². The summed E-state index contributed by atoms with van der Waals surface area (Å²) in [6, 6.07) is 12.1. The first-order valence-electron chi connectivity index (χ1n) is 11.6. The molecule has 0 spiro atoms. The van der Waals surface area contributed by atoms with E-state index >= 15 is 0 Å². The fraction of sp³-hybridized carbons (Fsp3) is 0.462. The maximum atomic E-state index is 12.4. The van der Waals surface area contributed by atoms with E-state index in [0.717, 1.165) is 48.3 Å². The number of hydrogen-bond acceptors (Lipinski definition) is 5. The molecule has 5 rings (SSSR count). The van der Waals surface area contributed by atoms with Crippen LogP contribution in [0.5, 0.6) is 11.5 Å². The molecular weight excluding hydrogens is 404 g/mol. The Bertz CT molecular complexity index is 1040. The first kappa shape index (κ1) is 21.0. The number of nitrogens with zero attached hydrogens (tertiary/aromatic N) is 1. The minimum absolute atomic E-state index is 0.0245. The van der Waals surface area contributed by atoms with Crippen molar-refractivity contribution in [3.63, 3.8) is 0 Å². The standard InChI is InChI=1S/C26H30N2O4/c1-3-32-24-13-20-19-11-10-18(29)12-22(19)28-25(21(20)14-23(24)31-2)15-4-6-16(7-5-15)26(30)27-17-8-9-17/h4-7,13-14,17-19,22,29H,3,8-12H2,1-2H3,(H,27,30)/t18-,19+,22+/m0/s1. The van der Waals surface area contributed by atoms with Gasteiger partial charge in [0.05, 0.1) is 31.6 Å². The lowest BCUT2D eigenvalue weighted by molar-refractivity contribution is 0.0951. The lowest BCUT2D eigenvalue weighted by Crippen LogP contribution is -2.34. The predicted molar refractivity (Wildman–Crippen MR) is 123 cm³/mol. The van der Waals surface area contributed by atoms with Crippen LogP contribution >= 0.6 is 0 Å². The molecule has 0 unspecified atom stereocenters. The molecule has 0 aromatic heterocycles. The first-order valence-corrected chi connectivity index (χ1v) is 11.6. The zero-order valence-electron chi connectivity index (χ0n) is 18.6. The number of aliphatic imine (C=N–C) groups is 1. The highest BCUT2D eigenvalue weighted by molar-refractivity contribution is 6.15. The maximum Gasteiger partial charge on any atom is 0.251 e. The molecule has 0 bridgehead atoms. The first-order chi connectivity index (χ1) is 15.6. The van der Waals surface area contributed by atoms with Gasteiger partial charge in [-0.15, -0.1) is 0 Å². The van der Waals surface area contributed by atoms with Gasteiger partial charge in [0, 0.05) is 28.7 Å². The highest BCUT2D eigenvalue weighted by atomic mass is 16.5. The number of fused-ring (bicyclic) bond motifs is 3.